The largest absolute Gasteiger partial charge is 0.374 e. The van der Waals surface area contributed by atoms with Crippen molar-refractivity contribution in [3.05, 3.63) is 83.7 Å². The van der Waals surface area contributed by atoms with Crippen LogP contribution in [0.25, 0.3) is 11.4 Å². The molecule has 0 bridgehead atoms. The van der Waals surface area contributed by atoms with Crippen LogP contribution in [-0.2, 0) is 24.2 Å². The number of hydrogen-bond acceptors (Lipinski definition) is 3. The van der Waals surface area contributed by atoms with Crippen LogP contribution in [0.1, 0.15) is 101 Å². The van der Waals surface area contributed by atoms with Gasteiger partial charge in [-0.15, -0.1) is 0 Å². The summed E-state index contributed by atoms with van der Waals surface area (Å²) in [6.45, 7) is 5.14. The maximum atomic E-state index is 5.98. The Labute approximate surface area is 219 Å². The molecule has 1 aromatic heterocycles. The predicted molar refractivity (Wildman–Crippen MR) is 152 cm³/mol. The molecule has 2 aromatic carbocycles. The van der Waals surface area contributed by atoms with Gasteiger partial charge < -0.3 is 4.74 Å². The van der Waals surface area contributed by atoms with Crippen molar-refractivity contribution in [3.8, 4) is 11.4 Å². The molecule has 0 N–H and O–H groups in total. The number of unbranched alkanes of at least 4 members (excludes halogenated alkanes) is 8. The molecule has 0 aliphatic heterocycles. The van der Waals surface area contributed by atoms with Gasteiger partial charge in [0, 0.05) is 18.0 Å². The van der Waals surface area contributed by atoms with E-state index in [4.69, 9.17) is 4.74 Å². The van der Waals surface area contributed by atoms with Gasteiger partial charge >= 0.3 is 0 Å². The number of hydrogen-bond donors (Lipinski definition) is 0. The lowest BCUT2D eigenvalue weighted by atomic mass is 10.0. The summed E-state index contributed by atoms with van der Waals surface area (Å²) in [5.41, 5.74) is 4.97. The van der Waals surface area contributed by atoms with E-state index in [2.05, 4.69) is 72.3 Å². The first-order valence-electron chi connectivity index (χ1n) is 14.3. The highest BCUT2D eigenvalue weighted by molar-refractivity contribution is 5.55. The molecule has 0 aliphatic carbocycles. The lowest BCUT2D eigenvalue weighted by molar-refractivity contribution is 0.0460. The Kier molecular flexibility index (Phi) is 13.3. The van der Waals surface area contributed by atoms with Crippen LogP contribution in [0, 0.1) is 0 Å². The highest BCUT2D eigenvalue weighted by Crippen LogP contribution is 2.18. The van der Waals surface area contributed by atoms with E-state index in [-0.39, 0.29) is 6.10 Å². The monoisotopic (exact) mass is 486 g/mol. The zero-order valence-electron chi connectivity index (χ0n) is 22.6. The fourth-order valence-electron chi connectivity index (χ4n) is 4.57. The molecular formula is C33H46N2O. The van der Waals surface area contributed by atoms with Gasteiger partial charge in [-0.05, 0) is 55.7 Å². The average Bonchev–Trinajstić information content (AvgIpc) is 2.93. The smallest absolute Gasteiger partial charge is 0.159 e. The molecule has 0 fully saturated rings. The van der Waals surface area contributed by atoms with Crippen molar-refractivity contribution in [1.29, 1.82) is 0 Å². The number of aryl methyl sites for hydroxylation is 2. The van der Waals surface area contributed by atoms with Gasteiger partial charge in [0.05, 0.1) is 12.7 Å². The Morgan fingerprint density at radius 3 is 1.94 bits per heavy atom. The van der Waals surface area contributed by atoms with Crippen LogP contribution >= 0.6 is 0 Å². The molecule has 0 amide bonds. The van der Waals surface area contributed by atoms with Gasteiger partial charge in [-0.2, -0.15) is 0 Å². The molecule has 1 unspecified atom stereocenters. The van der Waals surface area contributed by atoms with Gasteiger partial charge in [-0.25, -0.2) is 9.97 Å². The molecular weight excluding hydrogens is 440 g/mol. The van der Waals surface area contributed by atoms with Crippen LogP contribution in [0.4, 0.5) is 0 Å². The van der Waals surface area contributed by atoms with Gasteiger partial charge in [-0.1, -0.05) is 113 Å². The molecule has 3 nitrogen and oxygen atoms in total. The molecule has 1 atom stereocenters. The maximum absolute atomic E-state index is 5.98. The standard InChI is InChI=1S/C33H46N2O/c1-3-4-5-6-7-8-9-11-17-29-21-23-32(24-22-29)33-34-25-31(26-35-33)20-15-14-16-28(2)36-27-30-18-12-10-13-19-30/h10,12-13,18-19,21-26,28H,3-9,11,14-17,20,27H2,1-2H3. The summed E-state index contributed by atoms with van der Waals surface area (Å²) in [6.07, 6.45) is 20.8. The summed E-state index contributed by atoms with van der Waals surface area (Å²) in [5, 5.41) is 0. The summed E-state index contributed by atoms with van der Waals surface area (Å²) >= 11 is 0. The number of rotatable bonds is 18. The Bertz CT molecular complexity index is 938. The van der Waals surface area contributed by atoms with E-state index in [0.717, 1.165) is 37.1 Å². The third-order valence-electron chi connectivity index (χ3n) is 6.94. The van der Waals surface area contributed by atoms with E-state index in [9.17, 15) is 0 Å². The summed E-state index contributed by atoms with van der Waals surface area (Å²) in [4.78, 5) is 9.27. The second-order valence-electron chi connectivity index (χ2n) is 10.2. The van der Waals surface area contributed by atoms with Crippen molar-refractivity contribution in [3.63, 3.8) is 0 Å². The van der Waals surface area contributed by atoms with Crippen molar-refractivity contribution in [2.45, 2.75) is 110 Å². The number of ether oxygens (including phenoxy) is 1. The molecule has 36 heavy (non-hydrogen) atoms. The molecule has 0 spiro atoms. The lowest BCUT2D eigenvalue weighted by Crippen LogP contribution is -2.08. The van der Waals surface area contributed by atoms with Crippen LogP contribution in [0.3, 0.4) is 0 Å². The van der Waals surface area contributed by atoms with E-state index < -0.39 is 0 Å². The minimum Gasteiger partial charge on any atom is -0.374 e. The number of aromatic nitrogens is 2. The van der Waals surface area contributed by atoms with Crippen molar-refractivity contribution in [2.24, 2.45) is 0 Å². The second kappa shape index (κ2) is 17.0. The van der Waals surface area contributed by atoms with Crippen molar-refractivity contribution >= 4 is 0 Å². The molecule has 1 heterocycles. The van der Waals surface area contributed by atoms with Crippen LogP contribution in [-0.4, -0.2) is 16.1 Å². The van der Waals surface area contributed by atoms with Crippen molar-refractivity contribution < 1.29 is 4.74 Å². The van der Waals surface area contributed by atoms with Gasteiger partial charge in [0.25, 0.3) is 0 Å². The Hall–Kier alpha value is -2.52. The first-order chi connectivity index (χ1) is 17.7. The molecule has 3 rings (SSSR count). The SMILES string of the molecule is CCCCCCCCCCc1ccc(-c2ncc(CCCCC(C)OCc3ccccc3)cn2)cc1. The predicted octanol–water partition coefficient (Wildman–Crippen LogP) is 9.14. The Morgan fingerprint density at radius 1 is 0.639 bits per heavy atom. The lowest BCUT2D eigenvalue weighted by Gasteiger charge is -2.13. The minimum atomic E-state index is 0.280. The first-order valence-corrected chi connectivity index (χ1v) is 14.3. The first kappa shape index (κ1) is 28.1. The van der Waals surface area contributed by atoms with E-state index in [1.165, 1.54) is 74.5 Å². The molecule has 3 heteroatoms. The summed E-state index contributed by atoms with van der Waals surface area (Å²) in [7, 11) is 0. The molecule has 0 aliphatic rings. The van der Waals surface area contributed by atoms with Crippen molar-refractivity contribution in [1.82, 2.24) is 9.97 Å². The fourth-order valence-corrected chi connectivity index (χ4v) is 4.57. The van der Waals surface area contributed by atoms with Gasteiger partial charge in [-0.3, -0.25) is 0 Å². The topological polar surface area (TPSA) is 35.0 Å². The molecule has 3 aromatic rings. The molecule has 0 radical (unpaired) electrons. The Morgan fingerprint density at radius 2 is 1.25 bits per heavy atom. The van der Waals surface area contributed by atoms with E-state index in [1.54, 1.807) is 0 Å². The highest BCUT2D eigenvalue weighted by atomic mass is 16.5. The van der Waals surface area contributed by atoms with E-state index in [0.29, 0.717) is 6.61 Å². The number of nitrogens with zero attached hydrogens (tertiary/aromatic N) is 2. The fraction of sp³-hybridized carbons (Fsp3) is 0.515. The van der Waals surface area contributed by atoms with Crippen LogP contribution in [0.15, 0.2) is 67.0 Å². The summed E-state index contributed by atoms with van der Waals surface area (Å²) in [6, 6.07) is 19.2. The average molecular weight is 487 g/mol. The summed E-state index contributed by atoms with van der Waals surface area (Å²) < 4.78 is 5.98. The second-order valence-corrected chi connectivity index (χ2v) is 10.2. The molecule has 194 valence electrons. The third-order valence-corrected chi connectivity index (χ3v) is 6.94. The summed E-state index contributed by atoms with van der Waals surface area (Å²) in [5.74, 6) is 0.820. The van der Waals surface area contributed by atoms with Crippen LogP contribution < -0.4 is 0 Å². The van der Waals surface area contributed by atoms with Gasteiger partial charge in [0.2, 0.25) is 0 Å². The van der Waals surface area contributed by atoms with E-state index >= 15 is 0 Å². The number of benzene rings is 2. The third kappa shape index (κ3) is 11.0. The zero-order chi connectivity index (χ0) is 25.3. The van der Waals surface area contributed by atoms with E-state index in [1.807, 2.05) is 18.5 Å². The quantitative estimate of drug-likeness (QED) is 0.168. The van der Waals surface area contributed by atoms with Gasteiger partial charge in [0.15, 0.2) is 5.82 Å². The zero-order valence-corrected chi connectivity index (χ0v) is 22.6. The molecule has 0 saturated heterocycles. The Balaban J connectivity index is 1.29. The van der Waals surface area contributed by atoms with Crippen LogP contribution in [0.2, 0.25) is 0 Å². The maximum Gasteiger partial charge on any atom is 0.159 e. The normalized spacial score (nSPS) is 12.1. The minimum absolute atomic E-state index is 0.280. The van der Waals surface area contributed by atoms with Crippen molar-refractivity contribution in [2.75, 3.05) is 0 Å². The van der Waals surface area contributed by atoms with Crippen LogP contribution in [0.5, 0.6) is 0 Å². The molecule has 0 saturated carbocycles. The van der Waals surface area contributed by atoms with Gasteiger partial charge in [0.1, 0.15) is 0 Å². The highest BCUT2D eigenvalue weighted by Gasteiger charge is 2.05.